The van der Waals surface area contributed by atoms with Crippen LogP contribution in [0.3, 0.4) is 0 Å². The van der Waals surface area contributed by atoms with Gasteiger partial charge in [0.05, 0.1) is 13.0 Å². The minimum atomic E-state index is -0.00440. The SMILES string of the molecule is COC(=O)[C@H]1C[C@@H](C)CC[C@@H]1C(C)C. The molecule has 0 aromatic carbocycles. The lowest BCUT2D eigenvalue weighted by molar-refractivity contribution is -0.150. The molecule has 0 aromatic rings. The van der Waals surface area contributed by atoms with Gasteiger partial charge in [-0.15, -0.1) is 0 Å². The van der Waals surface area contributed by atoms with Crippen molar-refractivity contribution in [2.75, 3.05) is 7.11 Å². The van der Waals surface area contributed by atoms with E-state index >= 15 is 0 Å². The van der Waals surface area contributed by atoms with Crippen molar-refractivity contribution in [3.63, 3.8) is 0 Å². The van der Waals surface area contributed by atoms with E-state index in [0.29, 0.717) is 17.8 Å². The molecule has 3 atom stereocenters. The first-order chi connectivity index (χ1) is 6.56. The van der Waals surface area contributed by atoms with E-state index in [1.165, 1.54) is 20.0 Å². The quantitative estimate of drug-likeness (QED) is 0.638. The molecule has 1 aliphatic carbocycles. The van der Waals surface area contributed by atoms with Crippen molar-refractivity contribution in [3.05, 3.63) is 0 Å². The van der Waals surface area contributed by atoms with Crippen molar-refractivity contribution >= 4 is 5.97 Å². The number of hydrogen-bond donors (Lipinski definition) is 0. The molecule has 0 aliphatic heterocycles. The monoisotopic (exact) mass is 198 g/mol. The van der Waals surface area contributed by atoms with Crippen LogP contribution in [0.15, 0.2) is 0 Å². The fourth-order valence-corrected chi connectivity index (χ4v) is 2.62. The van der Waals surface area contributed by atoms with E-state index in [1.807, 2.05) is 0 Å². The summed E-state index contributed by atoms with van der Waals surface area (Å²) in [5.41, 5.74) is 0. The highest BCUT2D eigenvalue weighted by molar-refractivity contribution is 5.72. The van der Waals surface area contributed by atoms with Crippen LogP contribution in [-0.2, 0) is 9.53 Å². The highest BCUT2D eigenvalue weighted by Crippen LogP contribution is 2.38. The first-order valence-electron chi connectivity index (χ1n) is 5.64. The lowest BCUT2D eigenvalue weighted by Gasteiger charge is -2.35. The molecule has 0 saturated heterocycles. The van der Waals surface area contributed by atoms with E-state index in [1.54, 1.807) is 0 Å². The molecule has 0 amide bonds. The molecule has 14 heavy (non-hydrogen) atoms. The molecular weight excluding hydrogens is 176 g/mol. The maximum Gasteiger partial charge on any atom is 0.308 e. The first-order valence-corrected chi connectivity index (χ1v) is 5.64. The Balaban J connectivity index is 2.68. The zero-order valence-corrected chi connectivity index (χ0v) is 9.75. The Bertz CT molecular complexity index is 198. The molecule has 0 heterocycles. The molecule has 82 valence electrons. The molecule has 0 spiro atoms. The summed E-state index contributed by atoms with van der Waals surface area (Å²) in [4.78, 5) is 11.6. The van der Waals surface area contributed by atoms with E-state index in [0.717, 1.165) is 6.42 Å². The van der Waals surface area contributed by atoms with Crippen molar-refractivity contribution in [1.82, 2.24) is 0 Å². The summed E-state index contributed by atoms with van der Waals surface area (Å²) in [7, 11) is 1.50. The number of carbonyl (C=O) groups excluding carboxylic acids is 1. The summed E-state index contributed by atoms with van der Waals surface area (Å²) in [6.45, 7) is 6.64. The summed E-state index contributed by atoms with van der Waals surface area (Å²) >= 11 is 0. The van der Waals surface area contributed by atoms with Crippen LogP contribution in [0.4, 0.5) is 0 Å². The summed E-state index contributed by atoms with van der Waals surface area (Å²) < 4.78 is 4.88. The van der Waals surface area contributed by atoms with Crippen LogP contribution in [0.25, 0.3) is 0 Å². The highest BCUT2D eigenvalue weighted by atomic mass is 16.5. The van der Waals surface area contributed by atoms with Crippen LogP contribution < -0.4 is 0 Å². The van der Waals surface area contributed by atoms with Crippen molar-refractivity contribution in [3.8, 4) is 0 Å². The van der Waals surface area contributed by atoms with E-state index in [9.17, 15) is 4.79 Å². The largest absolute Gasteiger partial charge is 0.469 e. The zero-order valence-electron chi connectivity index (χ0n) is 9.75. The molecule has 1 saturated carbocycles. The van der Waals surface area contributed by atoms with Crippen molar-refractivity contribution in [2.45, 2.75) is 40.0 Å². The van der Waals surface area contributed by atoms with Crippen LogP contribution in [0.1, 0.15) is 40.0 Å². The van der Waals surface area contributed by atoms with Crippen molar-refractivity contribution in [1.29, 1.82) is 0 Å². The van der Waals surface area contributed by atoms with Gasteiger partial charge in [-0.2, -0.15) is 0 Å². The summed E-state index contributed by atoms with van der Waals surface area (Å²) in [6.07, 6.45) is 3.45. The Labute approximate surface area is 87.0 Å². The van der Waals surface area contributed by atoms with Gasteiger partial charge >= 0.3 is 5.97 Å². The fraction of sp³-hybridized carbons (Fsp3) is 0.917. The van der Waals surface area contributed by atoms with Crippen LogP contribution in [0.2, 0.25) is 0 Å². The van der Waals surface area contributed by atoms with Gasteiger partial charge in [-0.25, -0.2) is 0 Å². The van der Waals surface area contributed by atoms with E-state index in [4.69, 9.17) is 4.74 Å². The van der Waals surface area contributed by atoms with Crippen LogP contribution >= 0.6 is 0 Å². The number of rotatable bonds is 2. The Hall–Kier alpha value is -0.530. The molecule has 1 rings (SSSR count). The fourth-order valence-electron chi connectivity index (χ4n) is 2.62. The summed E-state index contributed by atoms with van der Waals surface area (Å²) in [5.74, 6) is 1.93. The lowest BCUT2D eigenvalue weighted by Crippen LogP contribution is -2.33. The van der Waals surface area contributed by atoms with Crippen LogP contribution in [0, 0.1) is 23.7 Å². The maximum absolute atomic E-state index is 11.6. The number of carbonyl (C=O) groups is 1. The second-order valence-electron chi connectivity index (χ2n) is 4.96. The van der Waals surface area contributed by atoms with Gasteiger partial charge in [0.15, 0.2) is 0 Å². The molecule has 0 unspecified atom stereocenters. The van der Waals surface area contributed by atoms with Gasteiger partial charge in [0, 0.05) is 0 Å². The average Bonchev–Trinajstić information content (AvgIpc) is 2.16. The van der Waals surface area contributed by atoms with Gasteiger partial charge in [-0.05, 0) is 30.6 Å². The smallest absolute Gasteiger partial charge is 0.308 e. The molecule has 0 radical (unpaired) electrons. The summed E-state index contributed by atoms with van der Waals surface area (Å²) in [6, 6.07) is 0. The maximum atomic E-state index is 11.6. The average molecular weight is 198 g/mol. The van der Waals surface area contributed by atoms with Gasteiger partial charge in [0.2, 0.25) is 0 Å². The summed E-state index contributed by atoms with van der Waals surface area (Å²) in [5, 5.41) is 0. The van der Waals surface area contributed by atoms with Gasteiger partial charge in [0.25, 0.3) is 0 Å². The standard InChI is InChI=1S/C12H22O2/c1-8(2)10-6-5-9(3)7-11(10)12(13)14-4/h8-11H,5-7H2,1-4H3/t9-,10+,11-/m0/s1. The Morgan fingerprint density at radius 3 is 2.50 bits per heavy atom. The third kappa shape index (κ3) is 2.49. The molecule has 1 aliphatic rings. The third-order valence-electron chi connectivity index (χ3n) is 3.53. The third-order valence-corrected chi connectivity index (χ3v) is 3.53. The lowest BCUT2D eigenvalue weighted by atomic mass is 9.70. The number of hydrogen-bond acceptors (Lipinski definition) is 2. The molecule has 2 nitrogen and oxygen atoms in total. The van der Waals surface area contributed by atoms with E-state index < -0.39 is 0 Å². The van der Waals surface area contributed by atoms with Gasteiger partial charge in [-0.3, -0.25) is 4.79 Å². The van der Waals surface area contributed by atoms with E-state index in [-0.39, 0.29) is 11.9 Å². The van der Waals surface area contributed by atoms with Gasteiger partial charge in [-0.1, -0.05) is 27.2 Å². The second kappa shape index (κ2) is 4.81. The predicted molar refractivity (Wildman–Crippen MR) is 56.8 cm³/mol. The predicted octanol–water partition coefficient (Wildman–Crippen LogP) is 2.87. The molecule has 0 bridgehead atoms. The Morgan fingerprint density at radius 1 is 1.36 bits per heavy atom. The first kappa shape index (κ1) is 11.5. The van der Waals surface area contributed by atoms with Crippen molar-refractivity contribution < 1.29 is 9.53 Å². The van der Waals surface area contributed by atoms with E-state index in [2.05, 4.69) is 20.8 Å². The number of esters is 1. The zero-order chi connectivity index (χ0) is 10.7. The number of methoxy groups -OCH3 is 1. The molecule has 0 aromatic heterocycles. The van der Waals surface area contributed by atoms with Crippen molar-refractivity contribution in [2.24, 2.45) is 23.7 Å². The topological polar surface area (TPSA) is 26.3 Å². The Kier molecular flexibility index (Phi) is 3.97. The molecular formula is C12H22O2. The minimum Gasteiger partial charge on any atom is -0.469 e. The number of ether oxygens (including phenoxy) is 1. The molecule has 2 heteroatoms. The molecule has 1 fully saturated rings. The molecule has 0 N–H and O–H groups in total. The highest BCUT2D eigenvalue weighted by Gasteiger charge is 2.35. The van der Waals surface area contributed by atoms with Gasteiger partial charge in [0.1, 0.15) is 0 Å². The Morgan fingerprint density at radius 2 is 2.00 bits per heavy atom. The van der Waals surface area contributed by atoms with Gasteiger partial charge < -0.3 is 4.74 Å². The normalized spacial score (nSPS) is 33.1. The van der Waals surface area contributed by atoms with Crippen LogP contribution in [0.5, 0.6) is 0 Å². The minimum absolute atomic E-state index is 0.00440. The van der Waals surface area contributed by atoms with Crippen LogP contribution in [-0.4, -0.2) is 13.1 Å². The second-order valence-corrected chi connectivity index (χ2v) is 4.96.